The Hall–Kier alpha value is -1.36. The first-order chi connectivity index (χ1) is 10.2. The maximum atomic E-state index is 12.2. The molecule has 2 rings (SSSR count). The van der Waals surface area contributed by atoms with Crippen LogP contribution in [0.1, 0.15) is 57.9 Å². The van der Waals surface area contributed by atoms with Gasteiger partial charge in [-0.05, 0) is 44.6 Å². The Balaban J connectivity index is 1.79. The van der Waals surface area contributed by atoms with Crippen molar-refractivity contribution in [2.24, 2.45) is 11.7 Å². The average molecular weight is 292 g/mol. The monoisotopic (exact) mass is 292 g/mol. The maximum Gasteiger partial charge on any atom is 0.220 e. The van der Waals surface area contributed by atoms with Crippen molar-refractivity contribution in [1.82, 2.24) is 14.9 Å². The van der Waals surface area contributed by atoms with Gasteiger partial charge in [0.1, 0.15) is 0 Å². The van der Waals surface area contributed by atoms with Gasteiger partial charge in [-0.3, -0.25) is 4.79 Å². The Morgan fingerprint density at radius 1 is 1.48 bits per heavy atom. The van der Waals surface area contributed by atoms with E-state index >= 15 is 0 Å². The molecular formula is C16H28N4O. The van der Waals surface area contributed by atoms with Crippen LogP contribution in [0.5, 0.6) is 0 Å². The summed E-state index contributed by atoms with van der Waals surface area (Å²) in [5.41, 5.74) is 5.61. The summed E-state index contributed by atoms with van der Waals surface area (Å²) < 4.78 is 2.13. The van der Waals surface area contributed by atoms with Crippen LogP contribution in [-0.2, 0) is 4.79 Å². The van der Waals surface area contributed by atoms with Gasteiger partial charge in [-0.25, -0.2) is 4.98 Å². The molecule has 0 aliphatic heterocycles. The van der Waals surface area contributed by atoms with E-state index in [4.69, 9.17) is 5.73 Å². The SMILES string of the molecule is CCC(CCN)CCC(=O)NC1CCCC1n1ccnc1. The molecular weight excluding hydrogens is 264 g/mol. The molecule has 1 heterocycles. The van der Waals surface area contributed by atoms with Crippen LogP contribution in [0.25, 0.3) is 0 Å². The van der Waals surface area contributed by atoms with E-state index in [9.17, 15) is 4.79 Å². The first kappa shape index (κ1) is 16.0. The highest BCUT2D eigenvalue weighted by Gasteiger charge is 2.29. The van der Waals surface area contributed by atoms with Gasteiger partial charge in [0.15, 0.2) is 0 Å². The smallest absolute Gasteiger partial charge is 0.220 e. The number of carbonyl (C=O) groups is 1. The summed E-state index contributed by atoms with van der Waals surface area (Å²) in [5.74, 6) is 0.760. The maximum absolute atomic E-state index is 12.2. The summed E-state index contributed by atoms with van der Waals surface area (Å²) in [4.78, 5) is 16.3. The number of rotatable bonds is 8. The highest BCUT2D eigenvalue weighted by Crippen LogP contribution is 2.30. The molecule has 3 unspecified atom stereocenters. The van der Waals surface area contributed by atoms with Gasteiger partial charge in [-0.2, -0.15) is 0 Å². The molecule has 1 amide bonds. The molecule has 1 aromatic heterocycles. The van der Waals surface area contributed by atoms with Gasteiger partial charge < -0.3 is 15.6 Å². The van der Waals surface area contributed by atoms with E-state index in [1.807, 2.05) is 12.5 Å². The van der Waals surface area contributed by atoms with E-state index in [0.29, 0.717) is 24.9 Å². The van der Waals surface area contributed by atoms with Crippen molar-refractivity contribution in [2.45, 2.75) is 64.0 Å². The van der Waals surface area contributed by atoms with Gasteiger partial charge in [-0.1, -0.05) is 13.3 Å². The third kappa shape index (κ3) is 4.56. The van der Waals surface area contributed by atoms with Crippen molar-refractivity contribution in [3.8, 4) is 0 Å². The lowest BCUT2D eigenvalue weighted by atomic mass is 9.96. The van der Waals surface area contributed by atoms with Gasteiger partial charge in [0.25, 0.3) is 0 Å². The van der Waals surface area contributed by atoms with Crippen LogP contribution in [0.2, 0.25) is 0 Å². The van der Waals surface area contributed by atoms with E-state index in [0.717, 1.165) is 32.1 Å². The second-order valence-corrected chi connectivity index (χ2v) is 6.07. The molecule has 5 heteroatoms. The van der Waals surface area contributed by atoms with Crippen molar-refractivity contribution in [3.05, 3.63) is 18.7 Å². The molecule has 0 saturated heterocycles. The van der Waals surface area contributed by atoms with Gasteiger partial charge in [0.2, 0.25) is 5.91 Å². The predicted molar refractivity (Wildman–Crippen MR) is 83.7 cm³/mol. The molecule has 0 radical (unpaired) electrons. The lowest BCUT2D eigenvalue weighted by molar-refractivity contribution is -0.122. The minimum atomic E-state index is 0.183. The summed E-state index contributed by atoms with van der Waals surface area (Å²) in [6.45, 7) is 2.88. The number of nitrogens with zero attached hydrogens (tertiary/aromatic N) is 2. The van der Waals surface area contributed by atoms with Crippen LogP contribution in [0.3, 0.4) is 0 Å². The van der Waals surface area contributed by atoms with Gasteiger partial charge in [-0.15, -0.1) is 0 Å². The van der Waals surface area contributed by atoms with Gasteiger partial charge >= 0.3 is 0 Å². The highest BCUT2D eigenvalue weighted by molar-refractivity contribution is 5.76. The Labute approximate surface area is 127 Å². The standard InChI is InChI=1S/C16H28N4O/c1-2-13(8-9-17)6-7-16(21)19-14-4-3-5-15(14)20-11-10-18-12-20/h10-15H,2-9,17H2,1H3,(H,19,21). The normalized spacial score (nSPS) is 23.1. The van der Waals surface area contributed by atoms with Crippen molar-refractivity contribution >= 4 is 5.91 Å². The zero-order chi connectivity index (χ0) is 15.1. The largest absolute Gasteiger partial charge is 0.351 e. The summed E-state index contributed by atoms with van der Waals surface area (Å²) in [6.07, 6.45) is 12.7. The molecule has 1 aromatic rings. The number of amides is 1. The van der Waals surface area contributed by atoms with Crippen LogP contribution in [0, 0.1) is 5.92 Å². The summed E-state index contributed by atoms with van der Waals surface area (Å²) >= 11 is 0. The van der Waals surface area contributed by atoms with Gasteiger partial charge in [0, 0.05) is 24.9 Å². The summed E-state index contributed by atoms with van der Waals surface area (Å²) in [5, 5.41) is 3.22. The molecule has 1 aliphatic carbocycles. The Morgan fingerprint density at radius 2 is 2.33 bits per heavy atom. The highest BCUT2D eigenvalue weighted by atomic mass is 16.1. The van der Waals surface area contributed by atoms with E-state index < -0.39 is 0 Å². The Kier molecular flexibility index (Phi) is 6.23. The van der Waals surface area contributed by atoms with Crippen LogP contribution < -0.4 is 11.1 Å². The lowest BCUT2D eigenvalue weighted by Gasteiger charge is -2.22. The topological polar surface area (TPSA) is 72.9 Å². The molecule has 118 valence electrons. The molecule has 1 aliphatic rings. The van der Waals surface area contributed by atoms with Crippen molar-refractivity contribution < 1.29 is 4.79 Å². The summed E-state index contributed by atoms with van der Waals surface area (Å²) in [7, 11) is 0. The fourth-order valence-electron chi connectivity index (χ4n) is 3.33. The molecule has 0 spiro atoms. The predicted octanol–water partition coefficient (Wildman–Crippen LogP) is 2.25. The van der Waals surface area contributed by atoms with Crippen LogP contribution in [0.4, 0.5) is 0 Å². The Bertz CT molecular complexity index is 418. The van der Waals surface area contributed by atoms with E-state index in [2.05, 4.69) is 21.8 Å². The molecule has 3 atom stereocenters. The molecule has 21 heavy (non-hydrogen) atoms. The number of hydrogen-bond acceptors (Lipinski definition) is 3. The van der Waals surface area contributed by atoms with Crippen LogP contribution in [0.15, 0.2) is 18.7 Å². The minimum absolute atomic E-state index is 0.183. The Morgan fingerprint density at radius 3 is 3.00 bits per heavy atom. The molecule has 1 fully saturated rings. The molecule has 0 bridgehead atoms. The van der Waals surface area contributed by atoms with Crippen molar-refractivity contribution in [2.75, 3.05) is 6.54 Å². The number of carbonyl (C=O) groups excluding carboxylic acids is 1. The fraction of sp³-hybridized carbons (Fsp3) is 0.750. The summed E-state index contributed by atoms with van der Waals surface area (Å²) in [6, 6.07) is 0.615. The van der Waals surface area contributed by atoms with Gasteiger partial charge in [0.05, 0.1) is 12.4 Å². The quantitative estimate of drug-likeness (QED) is 0.772. The number of nitrogens with one attached hydrogen (secondary N) is 1. The third-order valence-corrected chi connectivity index (χ3v) is 4.67. The zero-order valence-corrected chi connectivity index (χ0v) is 13.0. The van der Waals surface area contributed by atoms with E-state index in [-0.39, 0.29) is 11.9 Å². The second-order valence-electron chi connectivity index (χ2n) is 6.07. The molecule has 0 aromatic carbocycles. The zero-order valence-electron chi connectivity index (χ0n) is 13.0. The van der Waals surface area contributed by atoms with Crippen molar-refractivity contribution in [3.63, 3.8) is 0 Å². The first-order valence-electron chi connectivity index (χ1n) is 8.21. The van der Waals surface area contributed by atoms with E-state index in [1.54, 1.807) is 6.20 Å². The van der Waals surface area contributed by atoms with Crippen molar-refractivity contribution in [1.29, 1.82) is 0 Å². The fourth-order valence-corrected chi connectivity index (χ4v) is 3.33. The number of aromatic nitrogens is 2. The molecule has 5 nitrogen and oxygen atoms in total. The second kappa shape index (κ2) is 8.17. The average Bonchev–Trinajstić information content (AvgIpc) is 3.13. The van der Waals surface area contributed by atoms with E-state index in [1.165, 1.54) is 6.42 Å². The number of hydrogen-bond donors (Lipinski definition) is 2. The molecule has 1 saturated carbocycles. The van der Waals surface area contributed by atoms with Crippen LogP contribution >= 0.6 is 0 Å². The number of imidazole rings is 1. The molecule has 3 N–H and O–H groups in total. The van der Waals surface area contributed by atoms with Crippen LogP contribution in [-0.4, -0.2) is 28.0 Å². The minimum Gasteiger partial charge on any atom is -0.351 e. The third-order valence-electron chi connectivity index (χ3n) is 4.67. The number of nitrogens with two attached hydrogens (primary N) is 1. The lowest BCUT2D eigenvalue weighted by Crippen LogP contribution is -2.38. The first-order valence-corrected chi connectivity index (χ1v) is 8.21.